The number of para-hydroxylation sites is 2. The Morgan fingerprint density at radius 3 is 2.31 bits per heavy atom. The lowest BCUT2D eigenvalue weighted by molar-refractivity contribution is -0.135. The van der Waals surface area contributed by atoms with Crippen LogP contribution in [0.3, 0.4) is 0 Å². The highest BCUT2D eigenvalue weighted by molar-refractivity contribution is 6.30. The SMILES string of the molecule is O=C1CC(c2ccc(Cl)cc2)c2c(c3ccccc3n(-c3ccccc3)c2=O)O1. The van der Waals surface area contributed by atoms with Gasteiger partial charge in [-0.05, 0) is 42.0 Å². The second-order valence-corrected chi connectivity index (χ2v) is 7.45. The Balaban J connectivity index is 1.87. The van der Waals surface area contributed by atoms with Crippen molar-refractivity contribution in [3.63, 3.8) is 0 Å². The van der Waals surface area contributed by atoms with Crippen LogP contribution in [0.25, 0.3) is 16.6 Å². The highest BCUT2D eigenvalue weighted by Crippen LogP contribution is 2.41. The minimum absolute atomic E-state index is 0.108. The molecule has 1 atom stereocenters. The van der Waals surface area contributed by atoms with Crippen LogP contribution in [0.2, 0.25) is 5.02 Å². The van der Waals surface area contributed by atoms with E-state index in [0.29, 0.717) is 21.9 Å². The summed E-state index contributed by atoms with van der Waals surface area (Å²) in [5.41, 5.74) is 2.64. The van der Waals surface area contributed by atoms with Gasteiger partial charge in [0.2, 0.25) is 0 Å². The molecule has 1 aromatic heterocycles. The lowest BCUT2D eigenvalue weighted by Gasteiger charge is -2.27. The Labute approximate surface area is 171 Å². The van der Waals surface area contributed by atoms with E-state index in [1.807, 2.05) is 66.7 Å². The van der Waals surface area contributed by atoms with Crippen molar-refractivity contribution in [2.75, 3.05) is 0 Å². The van der Waals surface area contributed by atoms with Crippen LogP contribution < -0.4 is 10.3 Å². The number of benzene rings is 3. The zero-order chi connectivity index (χ0) is 20.0. The number of rotatable bonds is 2. The Morgan fingerprint density at radius 1 is 0.862 bits per heavy atom. The quantitative estimate of drug-likeness (QED) is 0.440. The van der Waals surface area contributed by atoms with Crippen LogP contribution >= 0.6 is 11.6 Å². The van der Waals surface area contributed by atoms with E-state index in [-0.39, 0.29) is 17.9 Å². The zero-order valence-corrected chi connectivity index (χ0v) is 16.1. The number of halogens is 1. The molecule has 4 nitrogen and oxygen atoms in total. The third-order valence-corrected chi connectivity index (χ3v) is 5.54. The smallest absolute Gasteiger partial charge is 0.312 e. The van der Waals surface area contributed by atoms with E-state index < -0.39 is 5.92 Å². The Bertz CT molecular complexity index is 1290. The largest absolute Gasteiger partial charge is 0.425 e. The van der Waals surface area contributed by atoms with Gasteiger partial charge in [-0.15, -0.1) is 0 Å². The molecular weight excluding hydrogens is 386 g/mol. The Morgan fingerprint density at radius 2 is 1.55 bits per heavy atom. The molecule has 0 aliphatic carbocycles. The fourth-order valence-electron chi connectivity index (χ4n) is 3.99. The van der Waals surface area contributed by atoms with Gasteiger partial charge < -0.3 is 4.74 Å². The molecule has 1 aliphatic rings. The number of pyridine rings is 1. The van der Waals surface area contributed by atoms with E-state index in [9.17, 15) is 9.59 Å². The molecule has 29 heavy (non-hydrogen) atoms. The first-order valence-corrected chi connectivity index (χ1v) is 9.70. The van der Waals surface area contributed by atoms with Gasteiger partial charge in [-0.3, -0.25) is 14.2 Å². The number of ether oxygens (including phenoxy) is 1. The highest BCUT2D eigenvalue weighted by Gasteiger charge is 2.34. The summed E-state index contributed by atoms with van der Waals surface area (Å²) in [6.07, 6.45) is 0.108. The third-order valence-electron chi connectivity index (χ3n) is 5.29. The van der Waals surface area contributed by atoms with Crippen LogP contribution in [0.5, 0.6) is 5.75 Å². The summed E-state index contributed by atoms with van der Waals surface area (Å²) in [7, 11) is 0. The van der Waals surface area contributed by atoms with Crippen molar-refractivity contribution in [2.45, 2.75) is 12.3 Å². The van der Waals surface area contributed by atoms with E-state index in [2.05, 4.69) is 0 Å². The standard InChI is InChI=1S/C24H16ClNO3/c25-16-12-10-15(11-13-16)19-14-21(27)29-23-18-8-4-5-9-20(18)26(24(28)22(19)23)17-6-2-1-3-7-17/h1-13,19H,14H2. The van der Waals surface area contributed by atoms with Crippen molar-refractivity contribution in [1.82, 2.24) is 4.57 Å². The molecule has 0 bridgehead atoms. The fraction of sp³-hybridized carbons (Fsp3) is 0.0833. The van der Waals surface area contributed by atoms with Gasteiger partial charge in [0.15, 0.2) is 0 Å². The van der Waals surface area contributed by atoms with Crippen LogP contribution in [0.1, 0.15) is 23.5 Å². The molecule has 0 saturated heterocycles. The number of esters is 1. The molecule has 5 heteroatoms. The van der Waals surface area contributed by atoms with E-state index in [1.54, 1.807) is 16.7 Å². The van der Waals surface area contributed by atoms with Gasteiger partial charge in [-0.1, -0.05) is 54.1 Å². The number of nitrogens with zero attached hydrogens (tertiary/aromatic N) is 1. The van der Waals surface area contributed by atoms with Crippen LogP contribution in [-0.2, 0) is 4.79 Å². The van der Waals surface area contributed by atoms with Gasteiger partial charge >= 0.3 is 5.97 Å². The summed E-state index contributed by atoms with van der Waals surface area (Å²) in [6.45, 7) is 0. The number of fused-ring (bicyclic) bond motifs is 3. The van der Waals surface area contributed by atoms with E-state index in [1.165, 1.54) is 0 Å². The molecule has 0 radical (unpaired) electrons. The van der Waals surface area contributed by atoms with Gasteiger partial charge in [0.25, 0.3) is 5.56 Å². The van der Waals surface area contributed by atoms with Gasteiger partial charge in [0.05, 0.1) is 17.5 Å². The van der Waals surface area contributed by atoms with Gasteiger partial charge in [-0.2, -0.15) is 0 Å². The van der Waals surface area contributed by atoms with Gasteiger partial charge in [0.1, 0.15) is 5.75 Å². The van der Waals surface area contributed by atoms with E-state index in [0.717, 1.165) is 16.6 Å². The molecule has 1 aliphatic heterocycles. The zero-order valence-electron chi connectivity index (χ0n) is 15.3. The van der Waals surface area contributed by atoms with Crippen molar-refractivity contribution in [3.05, 3.63) is 105 Å². The van der Waals surface area contributed by atoms with Crippen molar-refractivity contribution < 1.29 is 9.53 Å². The van der Waals surface area contributed by atoms with Gasteiger partial charge in [-0.25, -0.2) is 0 Å². The Kier molecular flexibility index (Phi) is 4.22. The fourth-order valence-corrected chi connectivity index (χ4v) is 4.11. The maximum Gasteiger partial charge on any atom is 0.312 e. The molecule has 4 aromatic rings. The molecule has 3 aromatic carbocycles. The molecule has 0 saturated carbocycles. The molecule has 5 rings (SSSR count). The first-order valence-electron chi connectivity index (χ1n) is 9.32. The highest BCUT2D eigenvalue weighted by atomic mass is 35.5. The summed E-state index contributed by atoms with van der Waals surface area (Å²) in [6, 6.07) is 24.2. The maximum absolute atomic E-state index is 13.7. The molecule has 2 heterocycles. The predicted molar refractivity (Wildman–Crippen MR) is 113 cm³/mol. The van der Waals surface area contributed by atoms with Crippen molar-refractivity contribution in [2.24, 2.45) is 0 Å². The molecule has 0 fully saturated rings. The molecule has 0 spiro atoms. The number of carbonyl (C=O) groups excluding carboxylic acids is 1. The number of carbonyl (C=O) groups is 1. The number of hydrogen-bond acceptors (Lipinski definition) is 3. The Hall–Kier alpha value is -3.37. The molecule has 1 unspecified atom stereocenters. The monoisotopic (exact) mass is 401 g/mol. The minimum atomic E-state index is -0.393. The minimum Gasteiger partial charge on any atom is -0.425 e. The van der Waals surface area contributed by atoms with Gasteiger partial charge in [0, 0.05) is 22.0 Å². The summed E-state index contributed by atoms with van der Waals surface area (Å²) in [4.78, 5) is 26.2. The lowest BCUT2D eigenvalue weighted by Crippen LogP contribution is -2.32. The lowest BCUT2D eigenvalue weighted by atomic mass is 9.86. The van der Waals surface area contributed by atoms with Crippen LogP contribution in [0.4, 0.5) is 0 Å². The number of hydrogen-bond donors (Lipinski definition) is 0. The van der Waals surface area contributed by atoms with Crippen molar-refractivity contribution in [3.8, 4) is 11.4 Å². The first-order chi connectivity index (χ1) is 14.1. The number of aromatic nitrogens is 1. The summed E-state index contributed by atoms with van der Waals surface area (Å²) >= 11 is 6.04. The second-order valence-electron chi connectivity index (χ2n) is 7.02. The third kappa shape index (κ3) is 2.93. The topological polar surface area (TPSA) is 48.3 Å². The first kappa shape index (κ1) is 17.7. The molecule has 0 N–H and O–H groups in total. The molecule has 142 valence electrons. The van der Waals surface area contributed by atoms with Crippen LogP contribution in [-0.4, -0.2) is 10.5 Å². The average Bonchev–Trinajstić information content (AvgIpc) is 2.74. The average molecular weight is 402 g/mol. The summed E-state index contributed by atoms with van der Waals surface area (Å²) in [5.74, 6) is -0.385. The van der Waals surface area contributed by atoms with Crippen LogP contribution in [0, 0.1) is 0 Å². The maximum atomic E-state index is 13.7. The van der Waals surface area contributed by atoms with Crippen molar-refractivity contribution in [1.29, 1.82) is 0 Å². The van der Waals surface area contributed by atoms with E-state index in [4.69, 9.17) is 16.3 Å². The second kappa shape index (κ2) is 6.90. The summed E-state index contributed by atoms with van der Waals surface area (Å²) < 4.78 is 7.30. The van der Waals surface area contributed by atoms with Crippen molar-refractivity contribution >= 4 is 28.5 Å². The predicted octanol–water partition coefficient (Wildman–Crippen LogP) is 5.09. The van der Waals surface area contributed by atoms with Crippen LogP contribution in [0.15, 0.2) is 83.7 Å². The molecule has 0 amide bonds. The van der Waals surface area contributed by atoms with E-state index >= 15 is 0 Å². The molecular formula is C24H16ClNO3. The summed E-state index contributed by atoms with van der Waals surface area (Å²) in [5, 5.41) is 1.34. The normalized spacial score (nSPS) is 15.8.